The molecule has 0 heterocycles. The summed E-state index contributed by atoms with van der Waals surface area (Å²) in [6.45, 7) is 6.44. The summed E-state index contributed by atoms with van der Waals surface area (Å²) in [5.74, 6) is -1.03. The summed E-state index contributed by atoms with van der Waals surface area (Å²) in [5, 5.41) is 12.1. The maximum atomic E-state index is 10.7. The van der Waals surface area contributed by atoms with Crippen LogP contribution in [0.3, 0.4) is 0 Å². The van der Waals surface area contributed by atoms with E-state index in [1.54, 1.807) is 10.8 Å². The van der Waals surface area contributed by atoms with Crippen molar-refractivity contribution in [1.82, 2.24) is 0 Å². The number of nitrogens with zero attached hydrogens (tertiary/aromatic N) is 3. The Morgan fingerprint density at radius 1 is 1.59 bits per heavy atom. The first-order valence-electron chi connectivity index (χ1n) is 5.10. The van der Waals surface area contributed by atoms with E-state index in [0.29, 0.717) is 6.42 Å². The predicted molar refractivity (Wildman–Crippen MR) is 73.0 cm³/mol. The fraction of sp³-hybridized carbons (Fsp3) is 0.889. The normalized spacial score (nSPS) is 14.8. The summed E-state index contributed by atoms with van der Waals surface area (Å²) >= 11 is 0. The van der Waals surface area contributed by atoms with E-state index in [1.807, 2.05) is 0 Å². The molecule has 98 valence electrons. The first-order valence-corrected chi connectivity index (χ1v) is 7.31. The van der Waals surface area contributed by atoms with Gasteiger partial charge in [0.25, 0.3) is 0 Å². The highest BCUT2D eigenvalue weighted by molar-refractivity contribution is 8.77. The first kappa shape index (κ1) is 16.4. The lowest BCUT2D eigenvalue weighted by atomic mass is 10.2. The van der Waals surface area contributed by atoms with Crippen molar-refractivity contribution in [3.8, 4) is 0 Å². The molecule has 8 heteroatoms. The van der Waals surface area contributed by atoms with E-state index in [4.69, 9.17) is 16.4 Å². The second-order valence-corrected chi connectivity index (χ2v) is 7.84. The fourth-order valence-corrected chi connectivity index (χ4v) is 3.40. The molecule has 0 aliphatic heterocycles. The lowest BCUT2D eigenvalue weighted by molar-refractivity contribution is -0.138. The molecule has 0 amide bonds. The molecule has 17 heavy (non-hydrogen) atoms. The highest BCUT2D eigenvalue weighted by atomic mass is 33.1. The molecular weight excluding hydrogens is 260 g/mol. The number of carboxylic acids is 1. The summed E-state index contributed by atoms with van der Waals surface area (Å²) in [7, 11) is 3.15. The van der Waals surface area contributed by atoms with E-state index in [9.17, 15) is 4.79 Å². The van der Waals surface area contributed by atoms with Crippen molar-refractivity contribution in [3.63, 3.8) is 0 Å². The minimum absolute atomic E-state index is 0.0621. The van der Waals surface area contributed by atoms with Gasteiger partial charge in [0, 0.05) is 21.5 Å². The van der Waals surface area contributed by atoms with Crippen LogP contribution in [0.25, 0.3) is 10.4 Å². The maximum absolute atomic E-state index is 10.7. The van der Waals surface area contributed by atoms with Gasteiger partial charge in [-0.2, -0.15) is 0 Å². The van der Waals surface area contributed by atoms with Gasteiger partial charge in [0.05, 0.1) is 0 Å². The second-order valence-electron chi connectivity index (χ2n) is 4.51. The van der Waals surface area contributed by atoms with Crippen LogP contribution >= 0.6 is 21.6 Å². The number of azide groups is 1. The standard InChI is InChI=1S/C9H18N4O2S2/c1-9(2,3)17-16-6(5-12-13-11)4-7(10)8(14)15/h6-7H,4-5,10H2,1-3H3,(H,14,15). The van der Waals surface area contributed by atoms with Gasteiger partial charge in [-0.15, -0.1) is 0 Å². The Morgan fingerprint density at radius 3 is 2.59 bits per heavy atom. The van der Waals surface area contributed by atoms with Gasteiger partial charge in [-0.1, -0.05) is 47.5 Å². The zero-order valence-corrected chi connectivity index (χ0v) is 11.8. The Hall–Kier alpha value is -0.560. The number of hydrogen-bond acceptors (Lipinski definition) is 5. The molecule has 0 saturated heterocycles. The van der Waals surface area contributed by atoms with Crippen LogP contribution in [0, 0.1) is 0 Å². The average Bonchev–Trinajstić information content (AvgIpc) is 2.20. The first-order chi connectivity index (χ1) is 7.76. The third kappa shape index (κ3) is 9.17. The monoisotopic (exact) mass is 278 g/mol. The Balaban J connectivity index is 4.32. The second kappa shape index (κ2) is 7.71. The van der Waals surface area contributed by atoms with E-state index < -0.39 is 12.0 Å². The van der Waals surface area contributed by atoms with Crippen LogP contribution in [0.15, 0.2) is 5.11 Å². The van der Waals surface area contributed by atoms with Crippen molar-refractivity contribution in [2.75, 3.05) is 6.54 Å². The highest BCUT2D eigenvalue weighted by Gasteiger charge is 2.21. The third-order valence-corrected chi connectivity index (χ3v) is 5.43. The predicted octanol–water partition coefficient (Wildman–Crippen LogP) is 2.65. The van der Waals surface area contributed by atoms with Crippen LogP contribution in [0.2, 0.25) is 0 Å². The maximum Gasteiger partial charge on any atom is 0.320 e. The summed E-state index contributed by atoms with van der Waals surface area (Å²) < 4.78 is 0.0621. The van der Waals surface area contributed by atoms with E-state index in [-0.39, 0.29) is 16.5 Å². The Bertz CT molecular complexity index is 300. The molecule has 6 nitrogen and oxygen atoms in total. The minimum atomic E-state index is -1.03. The zero-order chi connectivity index (χ0) is 13.5. The van der Waals surface area contributed by atoms with Crippen molar-refractivity contribution in [2.24, 2.45) is 10.8 Å². The number of nitrogens with two attached hydrogens (primary N) is 1. The van der Waals surface area contributed by atoms with Gasteiger partial charge in [0.2, 0.25) is 0 Å². The molecule has 0 bridgehead atoms. The lowest BCUT2D eigenvalue weighted by Crippen LogP contribution is -2.33. The molecule has 0 aromatic heterocycles. The average molecular weight is 278 g/mol. The van der Waals surface area contributed by atoms with E-state index >= 15 is 0 Å². The van der Waals surface area contributed by atoms with Gasteiger partial charge in [-0.3, -0.25) is 4.79 Å². The van der Waals surface area contributed by atoms with Crippen LogP contribution < -0.4 is 5.73 Å². The third-order valence-electron chi connectivity index (χ3n) is 1.62. The topological polar surface area (TPSA) is 112 Å². The number of aliphatic carboxylic acids is 1. The molecule has 0 rings (SSSR count). The number of carboxylic acid groups (broad SMARTS) is 1. The lowest BCUT2D eigenvalue weighted by Gasteiger charge is -2.22. The summed E-state index contributed by atoms with van der Waals surface area (Å²) in [6.07, 6.45) is 0.294. The quantitative estimate of drug-likeness (QED) is 0.322. The molecular formula is C9H18N4O2S2. The van der Waals surface area contributed by atoms with Crippen LogP contribution in [-0.4, -0.2) is 33.7 Å². The van der Waals surface area contributed by atoms with Gasteiger partial charge in [-0.25, -0.2) is 0 Å². The van der Waals surface area contributed by atoms with Gasteiger partial charge in [0.1, 0.15) is 6.04 Å². The Kier molecular flexibility index (Phi) is 7.45. The molecule has 0 aromatic carbocycles. The fourth-order valence-electron chi connectivity index (χ4n) is 0.868. The van der Waals surface area contributed by atoms with Gasteiger partial charge in [-0.05, 0) is 12.0 Å². The largest absolute Gasteiger partial charge is 0.480 e. The Labute approximate surface area is 109 Å². The van der Waals surface area contributed by atoms with Crippen molar-refractivity contribution < 1.29 is 9.90 Å². The molecule has 0 aromatic rings. The number of carbonyl (C=O) groups is 1. The molecule has 0 fully saturated rings. The van der Waals surface area contributed by atoms with Crippen LogP contribution in [0.1, 0.15) is 27.2 Å². The zero-order valence-electron chi connectivity index (χ0n) is 10.2. The minimum Gasteiger partial charge on any atom is -0.480 e. The summed E-state index contributed by atoms with van der Waals surface area (Å²) in [6, 6.07) is -0.915. The van der Waals surface area contributed by atoms with Gasteiger partial charge < -0.3 is 10.8 Å². The smallest absolute Gasteiger partial charge is 0.320 e. The summed E-state index contributed by atoms with van der Waals surface area (Å²) in [4.78, 5) is 13.4. The molecule has 0 aliphatic rings. The van der Waals surface area contributed by atoms with Crippen molar-refractivity contribution in [2.45, 2.75) is 43.2 Å². The van der Waals surface area contributed by atoms with Crippen molar-refractivity contribution >= 4 is 27.6 Å². The molecule has 2 atom stereocenters. The molecule has 0 radical (unpaired) electrons. The van der Waals surface area contributed by atoms with Gasteiger partial charge in [0.15, 0.2) is 0 Å². The molecule has 0 spiro atoms. The highest BCUT2D eigenvalue weighted by Crippen LogP contribution is 2.39. The summed E-state index contributed by atoms with van der Waals surface area (Å²) in [5.41, 5.74) is 13.8. The SMILES string of the molecule is CC(C)(C)SSC(CN=[N+]=[N-])CC(N)C(=O)O. The molecule has 2 unspecified atom stereocenters. The van der Waals surface area contributed by atoms with Crippen LogP contribution in [-0.2, 0) is 4.79 Å². The Morgan fingerprint density at radius 2 is 2.18 bits per heavy atom. The molecule has 0 aliphatic carbocycles. The van der Waals surface area contributed by atoms with Crippen molar-refractivity contribution in [1.29, 1.82) is 0 Å². The molecule has 3 N–H and O–H groups in total. The van der Waals surface area contributed by atoms with Crippen molar-refractivity contribution in [3.05, 3.63) is 10.4 Å². The molecule has 0 saturated carbocycles. The van der Waals surface area contributed by atoms with Gasteiger partial charge >= 0.3 is 5.97 Å². The van der Waals surface area contributed by atoms with Crippen LogP contribution in [0.4, 0.5) is 0 Å². The van der Waals surface area contributed by atoms with Crippen LogP contribution in [0.5, 0.6) is 0 Å². The number of hydrogen-bond donors (Lipinski definition) is 2. The number of rotatable bonds is 7. The van der Waals surface area contributed by atoms with E-state index in [0.717, 1.165) is 0 Å². The van der Waals surface area contributed by atoms with E-state index in [1.165, 1.54) is 10.8 Å². The van der Waals surface area contributed by atoms with E-state index in [2.05, 4.69) is 30.8 Å².